The van der Waals surface area contributed by atoms with E-state index in [-0.39, 0.29) is 11.6 Å². The molecular formula is C9H9N3O4. The maximum Gasteiger partial charge on any atom is 0.392 e. The molecular weight excluding hydrogens is 214 g/mol. The van der Waals surface area contributed by atoms with Crippen LogP contribution < -0.4 is 4.74 Å². The Balaban J connectivity index is 2.56. The number of hydrogen-bond acceptors (Lipinski definition) is 5. The van der Waals surface area contributed by atoms with E-state index in [1.165, 1.54) is 13.3 Å². The molecule has 0 amide bonds. The Morgan fingerprint density at radius 1 is 1.62 bits per heavy atom. The third kappa shape index (κ3) is 1.52. The Morgan fingerprint density at radius 2 is 2.38 bits per heavy atom. The van der Waals surface area contributed by atoms with Gasteiger partial charge in [-0.1, -0.05) is 0 Å². The number of aromatic nitrogens is 3. The van der Waals surface area contributed by atoms with E-state index in [1.807, 2.05) is 0 Å². The van der Waals surface area contributed by atoms with E-state index in [0.29, 0.717) is 5.56 Å². The lowest BCUT2D eigenvalue weighted by Crippen LogP contribution is -1.95. The van der Waals surface area contributed by atoms with Crippen LogP contribution in [0.15, 0.2) is 10.6 Å². The van der Waals surface area contributed by atoms with Gasteiger partial charge < -0.3 is 14.3 Å². The Bertz CT molecular complexity index is 529. The predicted octanol–water partition coefficient (Wildman–Crippen LogP) is 1.08. The van der Waals surface area contributed by atoms with Crippen LogP contribution in [0.5, 0.6) is 5.88 Å². The average Bonchev–Trinajstić information content (AvgIpc) is 2.82. The van der Waals surface area contributed by atoms with Crippen LogP contribution >= 0.6 is 0 Å². The van der Waals surface area contributed by atoms with Gasteiger partial charge in [-0.15, -0.1) is 0 Å². The van der Waals surface area contributed by atoms with Gasteiger partial charge in [0.15, 0.2) is 0 Å². The summed E-state index contributed by atoms with van der Waals surface area (Å²) in [5, 5.41) is 15.3. The van der Waals surface area contributed by atoms with Crippen molar-refractivity contribution in [1.29, 1.82) is 0 Å². The molecule has 0 bridgehead atoms. The highest BCUT2D eigenvalue weighted by Gasteiger charge is 2.22. The van der Waals surface area contributed by atoms with Gasteiger partial charge in [-0.3, -0.25) is 5.10 Å². The van der Waals surface area contributed by atoms with Crippen LogP contribution in [0, 0.1) is 6.92 Å². The summed E-state index contributed by atoms with van der Waals surface area (Å²) >= 11 is 0. The fourth-order valence-electron chi connectivity index (χ4n) is 1.29. The molecule has 0 saturated carbocycles. The van der Waals surface area contributed by atoms with Crippen molar-refractivity contribution >= 4 is 5.97 Å². The molecule has 0 aliphatic rings. The molecule has 84 valence electrons. The molecule has 7 heteroatoms. The molecule has 2 N–H and O–H groups in total. The zero-order valence-corrected chi connectivity index (χ0v) is 8.64. The van der Waals surface area contributed by atoms with Gasteiger partial charge in [0.2, 0.25) is 5.76 Å². The summed E-state index contributed by atoms with van der Waals surface area (Å²) in [6, 6.07) is 0. The third-order valence-electron chi connectivity index (χ3n) is 2.05. The van der Waals surface area contributed by atoms with Crippen molar-refractivity contribution < 1.29 is 19.1 Å². The maximum absolute atomic E-state index is 10.7. The molecule has 0 unspecified atom stereocenters. The summed E-state index contributed by atoms with van der Waals surface area (Å²) in [6.45, 7) is 1.78. The number of H-pyrrole nitrogens is 1. The van der Waals surface area contributed by atoms with Crippen molar-refractivity contribution in [2.45, 2.75) is 6.92 Å². The van der Waals surface area contributed by atoms with Crippen LogP contribution in [0.1, 0.15) is 16.4 Å². The Morgan fingerprint density at radius 3 is 2.88 bits per heavy atom. The van der Waals surface area contributed by atoms with Crippen LogP contribution in [0.3, 0.4) is 0 Å². The van der Waals surface area contributed by atoms with E-state index in [9.17, 15) is 4.79 Å². The molecule has 0 atom stereocenters. The second-order valence-electron chi connectivity index (χ2n) is 3.07. The monoisotopic (exact) mass is 223 g/mol. The number of aromatic amines is 1. The van der Waals surface area contributed by atoms with Gasteiger partial charge in [-0.2, -0.15) is 10.1 Å². The molecule has 2 rings (SSSR count). The number of nitrogens with zero attached hydrogens (tertiary/aromatic N) is 2. The molecule has 2 aromatic rings. The van der Waals surface area contributed by atoms with E-state index in [1.54, 1.807) is 6.92 Å². The highest BCUT2D eigenvalue weighted by atomic mass is 16.5. The molecule has 2 aromatic heterocycles. The number of nitrogens with one attached hydrogen (secondary N) is 1. The normalized spacial score (nSPS) is 10.4. The summed E-state index contributed by atoms with van der Waals surface area (Å²) in [4.78, 5) is 14.4. The fraction of sp³-hybridized carbons (Fsp3) is 0.222. The van der Waals surface area contributed by atoms with E-state index >= 15 is 0 Å². The lowest BCUT2D eigenvalue weighted by molar-refractivity contribution is 0.0654. The van der Waals surface area contributed by atoms with Gasteiger partial charge in [0.1, 0.15) is 0 Å². The summed E-state index contributed by atoms with van der Waals surface area (Å²) in [6.07, 6.45) is 1.52. The van der Waals surface area contributed by atoms with E-state index in [2.05, 4.69) is 15.2 Å². The molecule has 2 heterocycles. The highest BCUT2D eigenvalue weighted by molar-refractivity contribution is 5.83. The largest absolute Gasteiger partial charge is 0.478 e. The molecule has 7 nitrogen and oxygen atoms in total. The number of aromatic carboxylic acids is 1. The fourth-order valence-corrected chi connectivity index (χ4v) is 1.29. The molecule has 16 heavy (non-hydrogen) atoms. The number of carbonyl (C=O) groups is 1. The van der Waals surface area contributed by atoms with Crippen LogP contribution in [-0.2, 0) is 0 Å². The number of oxazole rings is 1. The van der Waals surface area contributed by atoms with Crippen molar-refractivity contribution in [1.82, 2.24) is 15.2 Å². The Labute approximate surface area is 90.1 Å². The molecule has 0 aromatic carbocycles. The lowest BCUT2D eigenvalue weighted by Gasteiger charge is -1.96. The molecule has 0 fully saturated rings. The number of methoxy groups -OCH3 is 1. The van der Waals surface area contributed by atoms with E-state index in [4.69, 9.17) is 14.3 Å². The van der Waals surface area contributed by atoms with Gasteiger partial charge in [-0.05, 0) is 6.92 Å². The zero-order chi connectivity index (χ0) is 11.7. The van der Waals surface area contributed by atoms with Crippen molar-refractivity contribution in [2.24, 2.45) is 0 Å². The minimum Gasteiger partial charge on any atom is -0.478 e. The topological polar surface area (TPSA) is 101 Å². The standard InChI is InChI=1S/C9H9N3O4/c1-4-5(3-10-12-4)6-7(15-2)11-8(16-6)9(13)14/h3H,1-2H3,(H,10,12)(H,13,14). The number of aryl methyl sites for hydroxylation is 1. The first-order valence-electron chi connectivity index (χ1n) is 4.42. The molecule has 0 spiro atoms. The number of carboxylic acid groups (broad SMARTS) is 1. The molecule has 0 radical (unpaired) electrons. The second kappa shape index (κ2) is 3.69. The number of hydrogen-bond donors (Lipinski definition) is 2. The highest BCUT2D eigenvalue weighted by Crippen LogP contribution is 2.31. The minimum atomic E-state index is -1.24. The van der Waals surface area contributed by atoms with Gasteiger partial charge in [0, 0.05) is 5.69 Å². The van der Waals surface area contributed by atoms with Gasteiger partial charge >= 0.3 is 11.9 Å². The first-order valence-corrected chi connectivity index (χ1v) is 4.42. The van der Waals surface area contributed by atoms with Crippen LogP contribution in [-0.4, -0.2) is 33.4 Å². The summed E-state index contributed by atoms with van der Waals surface area (Å²) in [5.41, 5.74) is 1.36. The second-order valence-corrected chi connectivity index (χ2v) is 3.07. The van der Waals surface area contributed by atoms with Crippen molar-refractivity contribution in [3.8, 4) is 17.2 Å². The Kier molecular flexibility index (Phi) is 2.35. The molecule has 0 saturated heterocycles. The lowest BCUT2D eigenvalue weighted by atomic mass is 10.2. The van der Waals surface area contributed by atoms with Crippen molar-refractivity contribution in [2.75, 3.05) is 7.11 Å². The smallest absolute Gasteiger partial charge is 0.392 e. The summed E-state index contributed by atoms with van der Waals surface area (Å²) in [5.74, 6) is -1.27. The maximum atomic E-state index is 10.7. The third-order valence-corrected chi connectivity index (χ3v) is 2.05. The first kappa shape index (κ1) is 10.2. The number of carboxylic acids is 1. The van der Waals surface area contributed by atoms with Crippen molar-refractivity contribution in [3.63, 3.8) is 0 Å². The molecule has 0 aliphatic carbocycles. The zero-order valence-electron chi connectivity index (χ0n) is 8.64. The summed E-state index contributed by atoms with van der Waals surface area (Å²) in [7, 11) is 1.39. The summed E-state index contributed by atoms with van der Waals surface area (Å²) < 4.78 is 10.0. The minimum absolute atomic E-state index is 0.127. The Hall–Kier alpha value is -2.31. The van der Waals surface area contributed by atoms with Crippen LogP contribution in [0.2, 0.25) is 0 Å². The quantitative estimate of drug-likeness (QED) is 0.807. The van der Waals surface area contributed by atoms with E-state index < -0.39 is 11.9 Å². The predicted molar refractivity (Wildman–Crippen MR) is 52.3 cm³/mol. The van der Waals surface area contributed by atoms with Gasteiger partial charge in [0.05, 0.1) is 18.9 Å². The van der Waals surface area contributed by atoms with Gasteiger partial charge in [-0.25, -0.2) is 4.79 Å². The van der Waals surface area contributed by atoms with Gasteiger partial charge in [0.25, 0.3) is 5.88 Å². The SMILES string of the molecule is COc1nc(C(=O)O)oc1-c1cn[nH]c1C. The number of rotatable bonds is 3. The first-order chi connectivity index (χ1) is 7.63. The van der Waals surface area contributed by atoms with Crippen molar-refractivity contribution in [3.05, 3.63) is 17.8 Å². The van der Waals surface area contributed by atoms with Crippen LogP contribution in [0.25, 0.3) is 11.3 Å². The van der Waals surface area contributed by atoms with Crippen LogP contribution in [0.4, 0.5) is 0 Å². The average molecular weight is 223 g/mol. The molecule has 0 aliphatic heterocycles. The van der Waals surface area contributed by atoms with E-state index in [0.717, 1.165) is 5.69 Å². The number of ether oxygens (including phenoxy) is 1.